The largest absolute Gasteiger partial charge is 0.382 e. The number of nitrogens with zero attached hydrogens (tertiary/aromatic N) is 7. The van der Waals surface area contributed by atoms with Crippen LogP contribution in [0.4, 0.5) is 10.8 Å². The average Bonchev–Trinajstić information content (AvgIpc) is 3.54. The molecule has 11 heteroatoms. The fourth-order valence-electron chi connectivity index (χ4n) is 5.32. The van der Waals surface area contributed by atoms with E-state index in [1.54, 1.807) is 22.0 Å². The molecule has 4 aromatic heterocycles. The van der Waals surface area contributed by atoms with Crippen molar-refractivity contribution in [1.29, 1.82) is 5.26 Å². The minimum Gasteiger partial charge on any atom is -0.382 e. The molecule has 5 heterocycles. The van der Waals surface area contributed by atoms with Crippen LogP contribution in [0.3, 0.4) is 0 Å². The average molecular weight is 522 g/mol. The highest BCUT2D eigenvalue weighted by Gasteiger charge is 2.40. The molecule has 2 fully saturated rings. The van der Waals surface area contributed by atoms with Crippen molar-refractivity contribution < 1.29 is 0 Å². The number of hydrogen-bond donors (Lipinski definition) is 2. The van der Waals surface area contributed by atoms with Crippen LogP contribution in [0, 0.1) is 23.2 Å². The molecule has 0 amide bonds. The summed E-state index contributed by atoms with van der Waals surface area (Å²) in [5.74, 6) is 1.10. The fourth-order valence-corrected chi connectivity index (χ4v) is 6.21. The summed E-state index contributed by atoms with van der Waals surface area (Å²) in [5.41, 5.74) is 11.3. The highest BCUT2D eigenvalue weighted by atomic mass is 35.5. The van der Waals surface area contributed by atoms with Crippen molar-refractivity contribution in [3.8, 4) is 28.0 Å². The molecule has 2 atom stereocenters. The number of fused-ring (bicyclic) bond motifs is 3. The monoisotopic (exact) mass is 521 g/mol. The highest BCUT2D eigenvalue weighted by Crippen LogP contribution is 2.40. The molecule has 2 bridgehead atoms. The molecule has 186 valence electrons. The number of piperidine rings is 1. The fraction of sp³-hybridized carbons (Fsp3) is 0.400. The minimum atomic E-state index is 0. The SMILES string of the molecule is CC(C)Nc1cc(-c2ccc3cc(C#N)cnn23)ncc1-c1nnc(N2CC3CCC(C2)C3N)s1.Cl. The molecule has 1 aliphatic carbocycles. The number of anilines is 2. The van der Waals surface area contributed by atoms with Gasteiger partial charge in [-0.2, -0.15) is 10.4 Å². The van der Waals surface area contributed by atoms with Crippen molar-refractivity contribution in [1.82, 2.24) is 24.8 Å². The van der Waals surface area contributed by atoms with Crippen LogP contribution >= 0.6 is 23.7 Å². The quantitative estimate of drug-likeness (QED) is 0.400. The van der Waals surface area contributed by atoms with E-state index in [2.05, 4.69) is 45.4 Å². The lowest BCUT2D eigenvalue weighted by Gasteiger charge is -2.35. The Morgan fingerprint density at radius 2 is 1.92 bits per heavy atom. The molecule has 1 aliphatic heterocycles. The topological polar surface area (TPSA) is 121 Å². The lowest BCUT2D eigenvalue weighted by molar-refractivity contribution is 0.356. The number of aromatic nitrogens is 5. The van der Waals surface area contributed by atoms with Gasteiger partial charge >= 0.3 is 0 Å². The Morgan fingerprint density at radius 1 is 1.14 bits per heavy atom. The van der Waals surface area contributed by atoms with Crippen LogP contribution in [0.2, 0.25) is 0 Å². The van der Waals surface area contributed by atoms with Gasteiger partial charge in [-0.05, 0) is 62.8 Å². The van der Waals surface area contributed by atoms with Gasteiger partial charge < -0.3 is 16.0 Å². The maximum absolute atomic E-state index is 9.17. The first-order chi connectivity index (χ1) is 17.0. The first-order valence-corrected chi connectivity index (χ1v) is 12.8. The van der Waals surface area contributed by atoms with Crippen LogP contribution in [0.25, 0.3) is 27.5 Å². The van der Waals surface area contributed by atoms with Crippen LogP contribution in [-0.2, 0) is 0 Å². The zero-order valence-corrected chi connectivity index (χ0v) is 21.8. The Labute approximate surface area is 219 Å². The number of nitrogens with two attached hydrogens (primary N) is 1. The summed E-state index contributed by atoms with van der Waals surface area (Å²) in [6.45, 7) is 6.14. The number of hydrogen-bond acceptors (Lipinski definition) is 9. The lowest BCUT2D eigenvalue weighted by atomic mass is 9.93. The third kappa shape index (κ3) is 4.28. The normalized spacial score (nSPS) is 21.0. The van der Waals surface area contributed by atoms with Crippen LogP contribution in [0.15, 0.2) is 36.7 Å². The van der Waals surface area contributed by atoms with Crippen LogP contribution in [-0.4, -0.2) is 50.0 Å². The maximum Gasteiger partial charge on any atom is 0.208 e. The highest BCUT2D eigenvalue weighted by molar-refractivity contribution is 7.18. The second-order valence-electron chi connectivity index (χ2n) is 9.80. The Balaban J connectivity index is 0.00000267. The standard InChI is InChI=1S/C25H27N9S.ClH/c1-14(2)30-20-8-21(22-6-5-18-7-15(9-26)10-29-34(18)22)28-11-19(20)24-31-32-25(35-24)33-12-16-3-4-17(13-33)23(16)27;/h5-8,10-11,14,16-17,23H,3-4,12-13,27H2,1-2H3,(H,28,30);1H. The van der Waals surface area contributed by atoms with Crippen LogP contribution in [0.1, 0.15) is 32.3 Å². The summed E-state index contributed by atoms with van der Waals surface area (Å²) in [6, 6.07) is 10.5. The molecule has 4 aromatic rings. The predicted molar refractivity (Wildman–Crippen MR) is 144 cm³/mol. The van der Waals surface area contributed by atoms with E-state index >= 15 is 0 Å². The second kappa shape index (κ2) is 9.65. The molecule has 0 spiro atoms. The van der Waals surface area contributed by atoms with Gasteiger partial charge in [0.2, 0.25) is 5.13 Å². The van der Waals surface area contributed by atoms with Gasteiger partial charge in [0, 0.05) is 37.1 Å². The Kier molecular flexibility index (Phi) is 6.55. The summed E-state index contributed by atoms with van der Waals surface area (Å²) >= 11 is 1.61. The van der Waals surface area contributed by atoms with Crippen LogP contribution in [0.5, 0.6) is 0 Å². The van der Waals surface area contributed by atoms with Gasteiger partial charge in [0.05, 0.1) is 34.2 Å². The molecule has 1 saturated carbocycles. The van der Waals surface area contributed by atoms with E-state index in [-0.39, 0.29) is 18.4 Å². The number of rotatable bonds is 5. The van der Waals surface area contributed by atoms with E-state index in [1.807, 2.05) is 30.5 Å². The summed E-state index contributed by atoms with van der Waals surface area (Å²) in [4.78, 5) is 7.13. The second-order valence-corrected chi connectivity index (χ2v) is 10.8. The number of nitriles is 1. The van der Waals surface area contributed by atoms with Crippen molar-refractivity contribution in [2.24, 2.45) is 17.6 Å². The molecule has 9 nitrogen and oxygen atoms in total. The molecule has 0 aromatic carbocycles. The van der Waals surface area contributed by atoms with Crippen molar-refractivity contribution in [3.63, 3.8) is 0 Å². The number of pyridine rings is 1. The summed E-state index contributed by atoms with van der Waals surface area (Å²) in [5, 5.41) is 28.1. The van der Waals surface area contributed by atoms with Gasteiger partial charge in [0.1, 0.15) is 6.07 Å². The van der Waals surface area contributed by atoms with Gasteiger partial charge in [-0.15, -0.1) is 22.6 Å². The van der Waals surface area contributed by atoms with E-state index in [0.717, 1.165) is 51.4 Å². The van der Waals surface area contributed by atoms with Crippen molar-refractivity contribution in [2.45, 2.75) is 38.8 Å². The van der Waals surface area contributed by atoms with Gasteiger partial charge in [0.15, 0.2) is 5.01 Å². The maximum atomic E-state index is 9.17. The van der Waals surface area contributed by atoms with Crippen molar-refractivity contribution in [2.75, 3.05) is 23.3 Å². The Hall–Kier alpha value is -3.26. The summed E-state index contributed by atoms with van der Waals surface area (Å²) in [6.07, 6.45) is 5.86. The summed E-state index contributed by atoms with van der Waals surface area (Å²) < 4.78 is 1.81. The van der Waals surface area contributed by atoms with Gasteiger partial charge in [-0.25, -0.2) is 4.52 Å². The lowest BCUT2D eigenvalue weighted by Crippen LogP contribution is -2.48. The molecule has 36 heavy (non-hydrogen) atoms. The zero-order valence-electron chi connectivity index (χ0n) is 20.1. The number of halogens is 1. The molecule has 6 rings (SSSR count). The predicted octanol–water partition coefficient (Wildman–Crippen LogP) is 4.20. The van der Waals surface area contributed by atoms with E-state index in [0.29, 0.717) is 23.4 Å². The molecule has 2 aliphatic rings. The summed E-state index contributed by atoms with van der Waals surface area (Å²) in [7, 11) is 0. The van der Waals surface area contributed by atoms with Crippen molar-refractivity contribution in [3.05, 3.63) is 42.2 Å². The first kappa shape index (κ1) is 24.4. The van der Waals surface area contributed by atoms with E-state index in [1.165, 1.54) is 12.8 Å². The third-order valence-electron chi connectivity index (χ3n) is 7.06. The molecule has 3 N–H and O–H groups in total. The number of nitrogens with one attached hydrogen (secondary N) is 1. The Bertz CT molecular complexity index is 1430. The van der Waals surface area contributed by atoms with Crippen molar-refractivity contribution >= 4 is 40.1 Å². The van der Waals surface area contributed by atoms with Crippen LogP contribution < -0.4 is 16.0 Å². The van der Waals surface area contributed by atoms with Gasteiger partial charge in [-0.1, -0.05) is 11.3 Å². The molecule has 2 unspecified atom stereocenters. The van der Waals surface area contributed by atoms with Gasteiger partial charge in [-0.3, -0.25) is 4.98 Å². The zero-order chi connectivity index (χ0) is 24.1. The Morgan fingerprint density at radius 3 is 2.64 bits per heavy atom. The molecule has 0 radical (unpaired) electrons. The van der Waals surface area contributed by atoms with E-state index in [9.17, 15) is 0 Å². The third-order valence-corrected chi connectivity index (χ3v) is 8.08. The first-order valence-electron chi connectivity index (χ1n) is 12.0. The van der Waals surface area contributed by atoms with E-state index < -0.39 is 0 Å². The van der Waals surface area contributed by atoms with E-state index in [4.69, 9.17) is 16.0 Å². The smallest absolute Gasteiger partial charge is 0.208 e. The molecular formula is C25H28ClN9S. The molecular weight excluding hydrogens is 494 g/mol. The molecule has 1 saturated heterocycles. The minimum absolute atomic E-state index is 0. The van der Waals surface area contributed by atoms with Gasteiger partial charge in [0.25, 0.3) is 0 Å².